The van der Waals surface area contributed by atoms with Crippen molar-refractivity contribution in [3.8, 4) is 6.07 Å². The molecule has 2 aromatic rings. The number of rotatable bonds is 6. The topological polar surface area (TPSA) is 60.2 Å². The lowest BCUT2D eigenvalue weighted by molar-refractivity contribution is 0.549. The second kappa shape index (κ2) is 9.57. The molecule has 2 aromatic carbocycles. The van der Waals surface area contributed by atoms with Crippen LogP contribution in [0.1, 0.15) is 43.4 Å². The summed E-state index contributed by atoms with van der Waals surface area (Å²) in [6.45, 7) is 7.12. The molecule has 0 bridgehead atoms. The summed E-state index contributed by atoms with van der Waals surface area (Å²) in [6.07, 6.45) is 0. The molecular weight excluding hydrogens is 327 g/mol. The Hall–Kier alpha value is -2.87. The van der Waals surface area contributed by atoms with E-state index in [0.717, 1.165) is 0 Å². The van der Waals surface area contributed by atoms with Gasteiger partial charge in [0.2, 0.25) is 0 Å². The first-order chi connectivity index (χ1) is 12.5. The van der Waals surface area contributed by atoms with Gasteiger partial charge in [0.15, 0.2) is 5.96 Å². The van der Waals surface area contributed by atoms with Gasteiger partial charge < -0.3 is 10.6 Å². The largest absolute Gasteiger partial charge is 0.357 e. The molecule has 0 aliphatic rings. The molecule has 0 fully saturated rings. The summed E-state index contributed by atoms with van der Waals surface area (Å²) < 4.78 is 13.9. The van der Waals surface area contributed by atoms with Crippen molar-refractivity contribution in [3.05, 3.63) is 71.0 Å². The monoisotopic (exact) mass is 352 g/mol. The number of halogens is 1. The molecule has 4 nitrogen and oxygen atoms in total. The minimum atomic E-state index is -0.352. The summed E-state index contributed by atoms with van der Waals surface area (Å²) in [7, 11) is 0. The molecule has 0 saturated heterocycles. The average molecular weight is 352 g/mol. The molecule has 0 aliphatic carbocycles. The van der Waals surface area contributed by atoms with Gasteiger partial charge >= 0.3 is 0 Å². The highest BCUT2D eigenvalue weighted by Gasteiger charge is 2.15. The minimum Gasteiger partial charge on any atom is -0.357 e. The fourth-order valence-corrected chi connectivity index (χ4v) is 2.64. The predicted molar refractivity (Wildman–Crippen MR) is 103 cm³/mol. The fraction of sp³-hybridized carbons (Fsp3) is 0.333. The van der Waals surface area contributed by atoms with Gasteiger partial charge in [0.1, 0.15) is 5.82 Å². The maximum absolute atomic E-state index is 13.9. The molecule has 5 heteroatoms. The van der Waals surface area contributed by atoms with E-state index in [-0.39, 0.29) is 18.4 Å². The van der Waals surface area contributed by atoms with Crippen molar-refractivity contribution < 1.29 is 4.39 Å². The second-order valence-corrected chi connectivity index (χ2v) is 6.25. The predicted octanol–water partition coefficient (Wildman–Crippen LogP) is 3.94. The van der Waals surface area contributed by atoms with Gasteiger partial charge in [0.25, 0.3) is 0 Å². The molecule has 0 aromatic heterocycles. The number of nitriles is 1. The second-order valence-electron chi connectivity index (χ2n) is 6.25. The third-order valence-corrected chi connectivity index (χ3v) is 4.37. The van der Waals surface area contributed by atoms with Crippen LogP contribution in [0.2, 0.25) is 0 Å². The van der Waals surface area contributed by atoms with Crippen LogP contribution in [0.25, 0.3) is 0 Å². The van der Waals surface area contributed by atoms with E-state index in [1.54, 1.807) is 6.07 Å². The van der Waals surface area contributed by atoms with Gasteiger partial charge in [0, 0.05) is 24.1 Å². The van der Waals surface area contributed by atoms with Crippen LogP contribution in [-0.2, 0) is 6.54 Å². The van der Waals surface area contributed by atoms with Gasteiger partial charge in [-0.25, -0.2) is 9.38 Å². The zero-order valence-corrected chi connectivity index (χ0v) is 15.5. The standard InChI is InChI=1S/C21H25FN4/c1-4-24-21(25-14-19-12-17(13-23)10-11-20(19)22)26-16(3)15(2)18-8-6-5-7-9-18/h5-12,15-16H,4,14H2,1-3H3,(H2,24,25,26). The number of guanidine groups is 1. The number of hydrogen-bond acceptors (Lipinski definition) is 2. The van der Waals surface area contributed by atoms with Crippen molar-refractivity contribution in [2.24, 2.45) is 4.99 Å². The number of nitrogens with zero attached hydrogens (tertiary/aromatic N) is 2. The van der Waals surface area contributed by atoms with Crippen molar-refractivity contribution in [2.75, 3.05) is 6.54 Å². The third kappa shape index (κ3) is 5.32. The van der Waals surface area contributed by atoms with E-state index in [1.807, 2.05) is 31.2 Å². The van der Waals surface area contributed by atoms with E-state index in [9.17, 15) is 4.39 Å². The lowest BCUT2D eigenvalue weighted by atomic mass is 9.94. The lowest BCUT2D eigenvalue weighted by Gasteiger charge is -2.24. The number of aliphatic imine (C=N–C) groups is 1. The first kappa shape index (κ1) is 19.5. The van der Waals surface area contributed by atoms with Crippen LogP contribution in [0.4, 0.5) is 4.39 Å². The Morgan fingerprint density at radius 2 is 1.92 bits per heavy atom. The zero-order valence-electron chi connectivity index (χ0n) is 15.5. The molecule has 0 saturated carbocycles. The maximum atomic E-state index is 13.9. The molecule has 0 amide bonds. The van der Waals surface area contributed by atoms with Crippen LogP contribution in [0.15, 0.2) is 53.5 Å². The van der Waals surface area contributed by atoms with E-state index < -0.39 is 0 Å². The fourth-order valence-electron chi connectivity index (χ4n) is 2.64. The summed E-state index contributed by atoms with van der Waals surface area (Å²) in [4.78, 5) is 4.48. The molecule has 0 heterocycles. The van der Waals surface area contributed by atoms with E-state index in [1.165, 1.54) is 17.7 Å². The van der Waals surface area contributed by atoms with Crippen LogP contribution in [-0.4, -0.2) is 18.5 Å². The van der Waals surface area contributed by atoms with Gasteiger partial charge in [-0.1, -0.05) is 37.3 Å². The van der Waals surface area contributed by atoms with Crippen LogP contribution >= 0.6 is 0 Å². The average Bonchev–Trinajstić information content (AvgIpc) is 2.67. The first-order valence-corrected chi connectivity index (χ1v) is 8.83. The zero-order chi connectivity index (χ0) is 18.9. The van der Waals surface area contributed by atoms with Crippen molar-refractivity contribution in [1.29, 1.82) is 5.26 Å². The molecule has 2 atom stereocenters. The van der Waals surface area contributed by atoms with Crippen LogP contribution in [0.3, 0.4) is 0 Å². The third-order valence-electron chi connectivity index (χ3n) is 4.37. The molecule has 2 N–H and O–H groups in total. The van der Waals surface area contributed by atoms with Crippen LogP contribution in [0.5, 0.6) is 0 Å². The first-order valence-electron chi connectivity index (χ1n) is 8.83. The highest BCUT2D eigenvalue weighted by molar-refractivity contribution is 5.80. The van der Waals surface area contributed by atoms with Crippen LogP contribution < -0.4 is 10.6 Å². The van der Waals surface area contributed by atoms with Gasteiger partial charge in [-0.2, -0.15) is 5.26 Å². The molecule has 26 heavy (non-hydrogen) atoms. The quantitative estimate of drug-likeness (QED) is 0.611. The van der Waals surface area contributed by atoms with Gasteiger partial charge in [-0.15, -0.1) is 0 Å². The van der Waals surface area contributed by atoms with Gasteiger partial charge in [0.05, 0.1) is 18.2 Å². The Labute approximate surface area is 154 Å². The summed E-state index contributed by atoms with van der Waals surface area (Å²) in [5.41, 5.74) is 2.08. The summed E-state index contributed by atoms with van der Waals surface area (Å²) in [5.74, 6) is 0.567. The number of benzene rings is 2. The molecule has 136 valence electrons. The number of nitrogens with one attached hydrogen (secondary N) is 2. The molecular formula is C21H25FN4. The maximum Gasteiger partial charge on any atom is 0.191 e. The molecule has 0 radical (unpaired) electrons. The van der Waals surface area contributed by atoms with Crippen molar-refractivity contribution in [1.82, 2.24) is 10.6 Å². The normalized spacial score (nSPS) is 13.6. The Bertz CT molecular complexity index is 780. The van der Waals surface area contributed by atoms with Crippen molar-refractivity contribution in [3.63, 3.8) is 0 Å². The Morgan fingerprint density at radius 1 is 1.19 bits per heavy atom. The lowest BCUT2D eigenvalue weighted by Crippen LogP contribution is -2.44. The van der Waals surface area contributed by atoms with Crippen molar-refractivity contribution >= 4 is 5.96 Å². The molecule has 0 aliphatic heterocycles. The molecule has 0 spiro atoms. The Kier molecular flexibility index (Phi) is 7.16. The minimum absolute atomic E-state index is 0.144. The summed E-state index contributed by atoms with van der Waals surface area (Å²) in [6, 6.07) is 16.8. The smallest absolute Gasteiger partial charge is 0.191 e. The summed E-state index contributed by atoms with van der Waals surface area (Å²) in [5, 5.41) is 15.5. The molecule has 2 unspecified atom stereocenters. The van der Waals surface area contributed by atoms with Gasteiger partial charge in [-0.05, 0) is 37.6 Å². The molecule has 2 rings (SSSR count). The highest BCUT2D eigenvalue weighted by atomic mass is 19.1. The highest BCUT2D eigenvalue weighted by Crippen LogP contribution is 2.18. The number of hydrogen-bond donors (Lipinski definition) is 2. The van der Waals surface area contributed by atoms with E-state index in [4.69, 9.17) is 5.26 Å². The van der Waals surface area contributed by atoms with E-state index in [0.29, 0.717) is 29.5 Å². The van der Waals surface area contributed by atoms with E-state index in [2.05, 4.69) is 41.6 Å². The SMILES string of the molecule is CCNC(=NCc1cc(C#N)ccc1F)NC(C)C(C)c1ccccc1. The van der Waals surface area contributed by atoms with E-state index >= 15 is 0 Å². The van der Waals surface area contributed by atoms with Crippen LogP contribution in [0, 0.1) is 17.1 Å². The van der Waals surface area contributed by atoms with Gasteiger partial charge in [-0.3, -0.25) is 0 Å². The van der Waals surface area contributed by atoms with Crippen molar-refractivity contribution in [2.45, 2.75) is 39.3 Å². The summed E-state index contributed by atoms with van der Waals surface area (Å²) >= 11 is 0. The Morgan fingerprint density at radius 3 is 2.58 bits per heavy atom. The Balaban J connectivity index is 2.10.